The number of nitrogens with one attached hydrogen (secondary N) is 2. The maximum absolute atomic E-state index is 12.1. The molecule has 1 saturated heterocycles. The van der Waals surface area contributed by atoms with Gasteiger partial charge in [-0.05, 0) is 35.4 Å². The van der Waals surface area contributed by atoms with Crippen molar-refractivity contribution in [1.29, 1.82) is 0 Å². The second-order valence-corrected chi connectivity index (χ2v) is 8.15. The average molecular weight is 346 g/mol. The fraction of sp³-hybridized carbons (Fsp3) is 0.600. The van der Waals surface area contributed by atoms with Crippen LogP contribution in [-0.4, -0.2) is 31.1 Å². The van der Waals surface area contributed by atoms with Gasteiger partial charge in [0.2, 0.25) is 0 Å². The molecule has 2 N–H and O–H groups in total. The molecule has 0 saturated carbocycles. The number of amides is 2. The van der Waals surface area contributed by atoms with E-state index in [4.69, 9.17) is 4.74 Å². The molecule has 25 heavy (non-hydrogen) atoms. The smallest absolute Gasteiger partial charge is 0.313 e. The first kappa shape index (κ1) is 19.4. The molecule has 0 bridgehead atoms. The van der Waals surface area contributed by atoms with Crippen molar-refractivity contribution in [3.8, 4) is 0 Å². The summed E-state index contributed by atoms with van der Waals surface area (Å²) in [5.74, 6) is -0.634. The Kier molecular flexibility index (Phi) is 6.22. The third-order valence-corrected chi connectivity index (χ3v) is 4.61. The lowest BCUT2D eigenvalue weighted by molar-refractivity contribution is -0.136. The minimum Gasteiger partial charge on any atom is -0.377 e. The molecule has 0 aliphatic carbocycles. The molecule has 2 rings (SSSR count). The predicted octanol–water partition coefficient (Wildman–Crippen LogP) is 3.32. The van der Waals surface area contributed by atoms with Crippen molar-refractivity contribution in [2.75, 3.05) is 18.5 Å². The predicted molar refractivity (Wildman–Crippen MR) is 99.5 cm³/mol. The van der Waals surface area contributed by atoms with Gasteiger partial charge < -0.3 is 15.4 Å². The minimum absolute atomic E-state index is 0.0193. The van der Waals surface area contributed by atoms with E-state index in [-0.39, 0.29) is 17.4 Å². The molecule has 1 heterocycles. The Morgan fingerprint density at radius 2 is 1.96 bits per heavy atom. The van der Waals surface area contributed by atoms with Crippen LogP contribution in [0.25, 0.3) is 0 Å². The van der Waals surface area contributed by atoms with Gasteiger partial charge in [-0.1, -0.05) is 46.8 Å². The molecule has 0 spiro atoms. The Morgan fingerprint density at radius 3 is 2.60 bits per heavy atom. The Bertz CT molecular complexity index is 620. The zero-order valence-corrected chi connectivity index (χ0v) is 15.9. The summed E-state index contributed by atoms with van der Waals surface area (Å²) in [6, 6.07) is 7.58. The molecule has 0 radical (unpaired) electrons. The number of hydrogen-bond donors (Lipinski definition) is 2. The Labute approximate surface area is 150 Å². The van der Waals surface area contributed by atoms with Gasteiger partial charge in [0.05, 0.1) is 6.10 Å². The number of carbonyl (C=O) groups is 2. The van der Waals surface area contributed by atoms with Crippen molar-refractivity contribution in [3.05, 3.63) is 29.8 Å². The molecule has 5 nitrogen and oxygen atoms in total. The quantitative estimate of drug-likeness (QED) is 0.822. The number of benzene rings is 1. The fourth-order valence-electron chi connectivity index (χ4n) is 3.27. The lowest BCUT2D eigenvalue weighted by Gasteiger charge is -2.31. The fourth-order valence-corrected chi connectivity index (χ4v) is 3.27. The molecule has 1 fully saturated rings. The second-order valence-electron chi connectivity index (χ2n) is 8.15. The summed E-state index contributed by atoms with van der Waals surface area (Å²) >= 11 is 0. The molecule has 1 aromatic rings. The normalized spacial score (nSPS) is 20.6. The monoisotopic (exact) mass is 346 g/mol. The highest BCUT2D eigenvalue weighted by Gasteiger charge is 2.37. The van der Waals surface area contributed by atoms with E-state index in [9.17, 15) is 9.59 Å². The van der Waals surface area contributed by atoms with Crippen molar-refractivity contribution in [2.45, 2.75) is 53.1 Å². The Hall–Kier alpha value is -1.88. The third kappa shape index (κ3) is 5.30. The second kappa shape index (κ2) is 8.00. The third-order valence-electron chi connectivity index (χ3n) is 4.61. The molecule has 0 aromatic heterocycles. The number of anilines is 1. The van der Waals surface area contributed by atoms with Gasteiger partial charge in [0, 0.05) is 24.8 Å². The van der Waals surface area contributed by atoms with Crippen LogP contribution in [0.2, 0.25) is 0 Å². The van der Waals surface area contributed by atoms with E-state index in [0.29, 0.717) is 24.8 Å². The number of rotatable bonds is 4. The summed E-state index contributed by atoms with van der Waals surface area (Å²) in [6.07, 6.45) is 0.999. The summed E-state index contributed by atoms with van der Waals surface area (Å²) in [5, 5.41) is 5.42. The van der Waals surface area contributed by atoms with Gasteiger partial charge in [0.15, 0.2) is 0 Å². The largest absolute Gasteiger partial charge is 0.377 e. The van der Waals surface area contributed by atoms with Crippen molar-refractivity contribution < 1.29 is 14.3 Å². The highest BCUT2D eigenvalue weighted by atomic mass is 16.5. The lowest BCUT2D eigenvalue weighted by Crippen LogP contribution is -2.42. The van der Waals surface area contributed by atoms with Gasteiger partial charge in [-0.3, -0.25) is 9.59 Å². The van der Waals surface area contributed by atoms with Crippen LogP contribution in [0.3, 0.4) is 0 Å². The molecule has 1 aromatic carbocycles. The van der Waals surface area contributed by atoms with E-state index in [1.54, 1.807) is 6.07 Å². The van der Waals surface area contributed by atoms with Crippen molar-refractivity contribution in [1.82, 2.24) is 5.32 Å². The molecule has 2 atom stereocenters. The van der Waals surface area contributed by atoms with Crippen LogP contribution >= 0.6 is 0 Å². The molecular weight excluding hydrogens is 316 g/mol. The first-order valence-electron chi connectivity index (χ1n) is 8.99. The summed E-state index contributed by atoms with van der Waals surface area (Å²) < 4.78 is 5.80. The molecule has 1 aliphatic rings. The van der Waals surface area contributed by atoms with E-state index in [0.717, 1.165) is 12.0 Å². The summed E-state index contributed by atoms with van der Waals surface area (Å²) in [6.45, 7) is 11.7. The maximum Gasteiger partial charge on any atom is 0.313 e. The van der Waals surface area contributed by atoms with Gasteiger partial charge in [-0.25, -0.2) is 0 Å². The van der Waals surface area contributed by atoms with Gasteiger partial charge in [0.25, 0.3) is 0 Å². The number of ether oxygens (including phenoxy) is 1. The highest BCUT2D eigenvalue weighted by molar-refractivity contribution is 6.39. The summed E-state index contributed by atoms with van der Waals surface area (Å²) in [4.78, 5) is 24.2. The minimum atomic E-state index is -0.632. The highest BCUT2D eigenvalue weighted by Crippen LogP contribution is 2.34. The number of carbonyl (C=O) groups excluding carboxylic acids is 2. The van der Waals surface area contributed by atoms with Crippen LogP contribution in [0.15, 0.2) is 24.3 Å². The Balaban J connectivity index is 1.88. The van der Waals surface area contributed by atoms with Gasteiger partial charge in [-0.2, -0.15) is 0 Å². The molecule has 138 valence electrons. The molecular formula is C20H30N2O3. The molecule has 2 amide bonds. The maximum atomic E-state index is 12.1. The van der Waals surface area contributed by atoms with Crippen molar-refractivity contribution >= 4 is 17.5 Å². The zero-order valence-electron chi connectivity index (χ0n) is 15.9. The SMILES string of the molecule is CC(C)c1cccc(NC(=O)C(=O)NCC2CCOC2C(C)(C)C)c1. The van der Waals surface area contributed by atoms with Crippen LogP contribution in [0.5, 0.6) is 0 Å². The van der Waals surface area contributed by atoms with E-state index in [2.05, 4.69) is 45.3 Å². The van der Waals surface area contributed by atoms with Crippen LogP contribution < -0.4 is 10.6 Å². The van der Waals surface area contributed by atoms with Crippen molar-refractivity contribution in [2.24, 2.45) is 11.3 Å². The van der Waals surface area contributed by atoms with Crippen LogP contribution in [0.4, 0.5) is 5.69 Å². The van der Waals surface area contributed by atoms with Crippen LogP contribution in [-0.2, 0) is 14.3 Å². The Morgan fingerprint density at radius 1 is 1.24 bits per heavy atom. The van der Waals surface area contributed by atoms with E-state index < -0.39 is 11.8 Å². The summed E-state index contributed by atoms with van der Waals surface area (Å²) in [7, 11) is 0. The molecule has 1 aliphatic heterocycles. The molecule has 2 unspecified atom stereocenters. The van der Waals surface area contributed by atoms with Gasteiger partial charge >= 0.3 is 11.8 Å². The van der Waals surface area contributed by atoms with Gasteiger partial charge in [0.1, 0.15) is 0 Å². The van der Waals surface area contributed by atoms with E-state index in [1.165, 1.54) is 0 Å². The average Bonchev–Trinajstić information content (AvgIpc) is 3.01. The van der Waals surface area contributed by atoms with Crippen molar-refractivity contribution in [3.63, 3.8) is 0 Å². The first-order chi connectivity index (χ1) is 11.7. The topological polar surface area (TPSA) is 67.4 Å². The zero-order chi connectivity index (χ0) is 18.6. The summed E-state index contributed by atoms with van der Waals surface area (Å²) in [5.41, 5.74) is 1.78. The van der Waals surface area contributed by atoms with E-state index >= 15 is 0 Å². The van der Waals surface area contributed by atoms with E-state index in [1.807, 2.05) is 18.2 Å². The van der Waals surface area contributed by atoms with Crippen LogP contribution in [0, 0.1) is 11.3 Å². The number of hydrogen-bond acceptors (Lipinski definition) is 3. The standard InChI is InChI=1S/C20H30N2O3/c1-13(2)14-7-6-8-16(11-14)22-19(24)18(23)21-12-15-9-10-25-17(15)20(3,4)5/h6-8,11,13,15,17H,9-10,12H2,1-5H3,(H,21,23)(H,22,24). The van der Waals surface area contributed by atoms with Crippen LogP contribution in [0.1, 0.15) is 52.5 Å². The van der Waals surface area contributed by atoms with Gasteiger partial charge in [-0.15, -0.1) is 0 Å². The lowest BCUT2D eigenvalue weighted by atomic mass is 9.81. The first-order valence-corrected chi connectivity index (χ1v) is 8.99. The molecule has 5 heteroatoms.